The molecule has 0 fully saturated rings. The standard InChI is InChI=1S/C10H11ClO/c11-10-7-2-1-5-9(10)6-3-4-8-12/h1-5,7,12H,6,8H2. The molecule has 0 atom stereocenters. The number of rotatable bonds is 3. The maximum absolute atomic E-state index is 8.49. The number of aliphatic hydroxyl groups is 1. The van der Waals surface area contributed by atoms with Gasteiger partial charge in [-0.1, -0.05) is 42.0 Å². The molecule has 0 amide bonds. The fourth-order valence-electron chi connectivity index (χ4n) is 0.949. The fraction of sp³-hybridized carbons (Fsp3) is 0.200. The van der Waals surface area contributed by atoms with Gasteiger partial charge in [-0.2, -0.15) is 0 Å². The predicted octanol–water partition coefficient (Wildman–Crippen LogP) is 2.43. The maximum Gasteiger partial charge on any atom is 0.0612 e. The highest BCUT2D eigenvalue weighted by atomic mass is 35.5. The third-order valence-electron chi connectivity index (χ3n) is 1.57. The van der Waals surface area contributed by atoms with Crippen LogP contribution in [-0.4, -0.2) is 11.7 Å². The van der Waals surface area contributed by atoms with Crippen LogP contribution in [0.25, 0.3) is 0 Å². The molecule has 0 aromatic heterocycles. The first-order valence-electron chi connectivity index (χ1n) is 3.84. The van der Waals surface area contributed by atoms with Crippen molar-refractivity contribution in [2.45, 2.75) is 6.42 Å². The van der Waals surface area contributed by atoms with E-state index >= 15 is 0 Å². The highest BCUT2D eigenvalue weighted by molar-refractivity contribution is 6.31. The van der Waals surface area contributed by atoms with Crippen LogP contribution < -0.4 is 0 Å². The molecule has 12 heavy (non-hydrogen) atoms. The van der Waals surface area contributed by atoms with Crippen molar-refractivity contribution in [3.63, 3.8) is 0 Å². The van der Waals surface area contributed by atoms with Crippen LogP contribution in [0, 0.1) is 0 Å². The number of hydrogen-bond acceptors (Lipinski definition) is 1. The van der Waals surface area contributed by atoms with E-state index in [1.165, 1.54) is 0 Å². The molecule has 0 heterocycles. The van der Waals surface area contributed by atoms with Gasteiger partial charge < -0.3 is 5.11 Å². The Balaban J connectivity index is 2.63. The van der Waals surface area contributed by atoms with Crippen molar-refractivity contribution >= 4 is 11.6 Å². The van der Waals surface area contributed by atoms with Crippen LogP contribution in [0.1, 0.15) is 5.56 Å². The van der Waals surface area contributed by atoms with Crippen LogP contribution >= 0.6 is 11.6 Å². The average molecular weight is 183 g/mol. The predicted molar refractivity (Wildman–Crippen MR) is 51.4 cm³/mol. The summed E-state index contributed by atoms with van der Waals surface area (Å²) >= 11 is 5.91. The van der Waals surface area contributed by atoms with E-state index in [0.29, 0.717) is 0 Å². The second kappa shape index (κ2) is 4.96. The first-order chi connectivity index (χ1) is 5.84. The van der Waals surface area contributed by atoms with Crippen LogP contribution in [-0.2, 0) is 6.42 Å². The van der Waals surface area contributed by atoms with Crippen LogP contribution in [0.5, 0.6) is 0 Å². The minimum Gasteiger partial charge on any atom is -0.392 e. The molecule has 1 rings (SSSR count). The Labute approximate surface area is 77.3 Å². The molecule has 0 spiro atoms. The van der Waals surface area contributed by atoms with Crippen LogP contribution in [0.2, 0.25) is 5.02 Å². The minimum atomic E-state index is 0.0878. The van der Waals surface area contributed by atoms with Crippen molar-refractivity contribution in [1.82, 2.24) is 0 Å². The summed E-state index contributed by atoms with van der Waals surface area (Å²) in [6, 6.07) is 7.70. The molecule has 0 bridgehead atoms. The monoisotopic (exact) mass is 182 g/mol. The largest absolute Gasteiger partial charge is 0.392 e. The molecule has 1 N–H and O–H groups in total. The summed E-state index contributed by atoms with van der Waals surface area (Å²) in [6.07, 6.45) is 4.39. The van der Waals surface area contributed by atoms with Crippen molar-refractivity contribution in [3.05, 3.63) is 47.0 Å². The lowest BCUT2D eigenvalue weighted by atomic mass is 10.1. The van der Waals surface area contributed by atoms with Gasteiger partial charge in [0.1, 0.15) is 0 Å². The Morgan fingerprint density at radius 2 is 2.00 bits per heavy atom. The number of aliphatic hydroxyl groups excluding tert-OH is 1. The summed E-state index contributed by atoms with van der Waals surface area (Å²) < 4.78 is 0. The zero-order valence-corrected chi connectivity index (χ0v) is 7.46. The van der Waals surface area contributed by atoms with Gasteiger partial charge in [0.05, 0.1) is 6.61 Å². The Morgan fingerprint density at radius 3 is 2.67 bits per heavy atom. The lowest BCUT2D eigenvalue weighted by molar-refractivity contribution is 0.342. The SMILES string of the molecule is OCC=CCc1ccccc1Cl. The summed E-state index contributed by atoms with van der Waals surface area (Å²) in [5.41, 5.74) is 1.09. The Bertz CT molecular complexity index is 268. The second-order valence-corrected chi connectivity index (χ2v) is 2.86. The van der Waals surface area contributed by atoms with Gasteiger partial charge in [-0.25, -0.2) is 0 Å². The molecule has 0 unspecified atom stereocenters. The first kappa shape index (κ1) is 9.30. The number of halogens is 1. The summed E-state index contributed by atoms with van der Waals surface area (Å²) in [5.74, 6) is 0. The van der Waals surface area contributed by atoms with Gasteiger partial charge in [0.2, 0.25) is 0 Å². The van der Waals surface area contributed by atoms with Crippen molar-refractivity contribution in [2.24, 2.45) is 0 Å². The zero-order chi connectivity index (χ0) is 8.81. The number of hydrogen-bond donors (Lipinski definition) is 1. The van der Waals surface area contributed by atoms with E-state index in [4.69, 9.17) is 16.7 Å². The van der Waals surface area contributed by atoms with Crippen molar-refractivity contribution < 1.29 is 5.11 Å². The van der Waals surface area contributed by atoms with E-state index in [2.05, 4.69) is 0 Å². The molecule has 0 saturated heterocycles. The van der Waals surface area contributed by atoms with Crippen LogP contribution in [0.15, 0.2) is 36.4 Å². The maximum atomic E-state index is 8.49. The van der Waals surface area contributed by atoms with Crippen LogP contribution in [0.4, 0.5) is 0 Å². The molecule has 0 saturated carbocycles. The Hall–Kier alpha value is -0.790. The lowest BCUT2D eigenvalue weighted by Gasteiger charge is -1.98. The van der Waals surface area contributed by atoms with Crippen LogP contribution in [0.3, 0.4) is 0 Å². The molecule has 1 aromatic carbocycles. The summed E-state index contributed by atoms with van der Waals surface area (Å²) in [7, 11) is 0. The number of allylic oxidation sites excluding steroid dienone is 1. The van der Waals surface area contributed by atoms with E-state index in [0.717, 1.165) is 17.0 Å². The quantitative estimate of drug-likeness (QED) is 0.712. The first-order valence-corrected chi connectivity index (χ1v) is 4.21. The molecule has 1 aromatic rings. The fourth-order valence-corrected chi connectivity index (χ4v) is 1.16. The molecule has 64 valence electrons. The number of benzene rings is 1. The van der Waals surface area contributed by atoms with Gasteiger partial charge in [-0.15, -0.1) is 0 Å². The Morgan fingerprint density at radius 1 is 1.25 bits per heavy atom. The molecule has 0 aliphatic carbocycles. The van der Waals surface area contributed by atoms with Gasteiger partial charge in [0.25, 0.3) is 0 Å². The normalized spacial score (nSPS) is 10.8. The highest BCUT2D eigenvalue weighted by Gasteiger charge is 1.94. The minimum absolute atomic E-state index is 0.0878. The lowest BCUT2D eigenvalue weighted by Crippen LogP contribution is -1.82. The van der Waals surface area contributed by atoms with Crippen molar-refractivity contribution in [1.29, 1.82) is 0 Å². The Kier molecular flexibility index (Phi) is 3.85. The molecule has 1 nitrogen and oxygen atoms in total. The molecule has 0 aliphatic heterocycles. The third kappa shape index (κ3) is 2.68. The molecular formula is C10H11ClO. The van der Waals surface area contributed by atoms with E-state index in [1.807, 2.05) is 30.3 Å². The van der Waals surface area contributed by atoms with E-state index in [1.54, 1.807) is 6.08 Å². The highest BCUT2D eigenvalue weighted by Crippen LogP contribution is 2.15. The van der Waals surface area contributed by atoms with Gasteiger partial charge in [0, 0.05) is 5.02 Å². The molecule has 0 aliphatic rings. The topological polar surface area (TPSA) is 20.2 Å². The third-order valence-corrected chi connectivity index (χ3v) is 1.94. The molecular weight excluding hydrogens is 172 g/mol. The van der Waals surface area contributed by atoms with Gasteiger partial charge in [0.15, 0.2) is 0 Å². The summed E-state index contributed by atoms with van der Waals surface area (Å²) in [4.78, 5) is 0. The van der Waals surface area contributed by atoms with Gasteiger partial charge >= 0.3 is 0 Å². The molecule has 2 heteroatoms. The zero-order valence-electron chi connectivity index (χ0n) is 6.70. The van der Waals surface area contributed by atoms with E-state index in [9.17, 15) is 0 Å². The smallest absolute Gasteiger partial charge is 0.0612 e. The van der Waals surface area contributed by atoms with Crippen molar-refractivity contribution in [3.8, 4) is 0 Å². The summed E-state index contributed by atoms with van der Waals surface area (Å²) in [5, 5.41) is 9.27. The molecule has 0 radical (unpaired) electrons. The van der Waals surface area contributed by atoms with Gasteiger partial charge in [-0.3, -0.25) is 0 Å². The van der Waals surface area contributed by atoms with E-state index < -0.39 is 0 Å². The van der Waals surface area contributed by atoms with E-state index in [-0.39, 0.29) is 6.61 Å². The average Bonchev–Trinajstić information content (AvgIpc) is 2.09. The van der Waals surface area contributed by atoms with Gasteiger partial charge in [-0.05, 0) is 18.1 Å². The second-order valence-electron chi connectivity index (χ2n) is 2.45. The van der Waals surface area contributed by atoms with Crippen molar-refractivity contribution in [2.75, 3.05) is 6.61 Å². The summed E-state index contributed by atoms with van der Waals surface area (Å²) in [6.45, 7) is 0.0878.